The predicted molar refractivity (Wildman–Crippen MR) is 111 cm³/mol. The molecule has 1 aliphatic carbocycles. The van der Waals surface area contributed by atoms with Crippen molar-refractivity contribution in [2.75, 3.05) is 5.32 Å². The number of carbonyl (C=O) groups excluding carboxylic acids is 1. The zero-order valence-corrected chi connectivity index (χ0v) is 16.3. The normalized spacial score (nSPS) is 18.3. The number of hydrogen-bond acceptors (Lipinski definition) is 3. The van der Waals surface area contributed by atoms with E-state index in [0.717, 1.165) is 36.0 Å². The Labute approximate surface area is 164 Å². The number of aromatic nitrogens is 2. The van der Waals surface area contributed by atoms with Crippen molar-refractivity contribution in [2.24, 2.45) is 11.3 Å². The van der Waals surface area contributed by atoms with E-state index in [1.54, 1.807) is 4.57 Å². The van der Waals surface area contributed by atoms with Crippen molar-refractivity contribution in [3.05, 3.63) is 70.6 Å². The van der Waals surface area contributed by atoms with Crippen LogP contribution in [0.15, 0.2) is 59.5 Å². The molecular formula is C23H25N3O2. The topological polar surface area (TPSA) is 64.0 Å². The van der Waals surface area contributed by atoms with Crippen molar-refractivity contribution in [1.82, 2.24) is 9.55 Å². The molecule has 1 aromatic heterocycles. The molecule has 1 heterocycles. The molecule has 0 spiro atoms. The number of nitrogens with zero attached hydrogens (tertiary/aromatic N) is 2. The molecule has 144 valence electrons. The van der Waals surface area contributed by atoms with Crippen molar-refractivity contribution >= 4 is 22.6 Å². The quantitative estimate of drug-likeness (QED) is 0.743. The lowest BCUT2D eigenvalue weighted by molar-refractivity contribution is -0.122. The van der Waals surface area contributed by atoms with Crippen molar-refractivity contribution < 1.29 is 4.79 Å². The summed E-state index contributed by atoms with van der Waals surface area (Å²) >= 11 is 0. The molecule has 0 saturated heterocycles. The van der Waals surface area contributed by atoms with Crippen molar-refractivity contribution in [2.45, 2.75) is 39.7 Å². The van der Waals surface area contributed by atoms with Gasteiger partial charge < -0.3 is 9.88 Å². The molecule has 4 rings (SSSR count). The van der Waals surface area contributed by atoms with Crippen LogP contribution in [0, 0.1) is 11.3 Å². The van der Waals surface area contributed by atoms with Crippen LogP contribution in [0.1, 0.15) is 38.7 Å². The van der Waals surface area contributed by atoms with Gasteiger partial charge in [-0.15, -0.1) is 0 Å². The van der Waals surface area contributed by atoms with Gasteiger partial charge in [0, 0.05) is 11.6 Å². The second-order valence-electron chi connectivity index (χ2n) is 8.29. The van der Waals surface area contributed by atoms with E-state index in [0.29, 0.717) is 12.1 Å². The molecule has 2 aromatic carbocycles. The number of rotatable bonds is 4. The van der Waals surface area contributed by atoms with Gasteiger partial charge in [-0.3, -0.25) is 9.59 Å². The van der Waals surface area contributed by atoms with Crippen LogP contribution in [0.4, 0.5) is 5.69 Å². The Morgan fingerprint density at radius 3 is 2.71 bits per heavy atom. The van der Waals surface area contributed by atoms with Crippen LogP contribution < -0.4 is 10.9 Å². The predicted octanol–water partition coefficient (Wildman–Crippen LogP) is 4.21. The summed E-state index contributed by atoms with van der Waals surface area (Å²) in [5, 5.41) is 3.05. The number of carbonyl (C=O) groups is 1. The van der Waals surface area contributed by atoms with Crippen LogP contribution in [0.2, 0.25) is 0 Å². The maximum absolute atomic E-state index is 12.7. The lowest BCUT2D eigenvalue weighted by Crippen LogP contribution is -2.30. The molecule has 1 N–H and O–H groups in total. The van der Waals surface area contributed by atoms with Gasteiger partial charge in [-0.1, -0.05) is 50.6 Å². The minimum atomic E-state index is -0.138. The standard InChI is InChI=1S/C23H25N3O2/c1-23(2)12-6-9-18(23)22(28)25-17-10-11-20-19(13-17)24-14-21(27)26(20)15-16-7-4-3-5-8-16/h3-5,7-8,10-11,13-14,18H,6,9,12,15H2,1-2H3,(H,25,28). The first-order valence-corrected chi connectivity index (χ1v) is 9.78. The Bertz CT molecular complexity index is 1070. The Morgan fingerprint density at radius 2 is 2.00 bits per heavy atom. The first-order valence-electron chi connectivity index (χ1n) is 9.78. The summed E-state index contributed by atoms with van der Waals surface area (Å²) in [6.45, 7) is 4.81. The lowest BCUT2D eigenvalue weighted by atomic mass is 9.81. The zero-order valence-electron chi connectivity index (χ0n) is 16.3. The molecule has 1 fully saturated rings. The number of amides is 1. The van der Waals surface area contributed by atoms with E-state index in [1.807, 2.05) is 48.5 Å². The first kappa shape index (κ1) is 18.4. The lowest BCUT2D eigenvalue weighted by Gasteiger charge is -2.25. The molecule has 1 amide bonds. The molecule has 5 heteroatoms. The fourth-order valence-electron chi connectivity index (χ4n) is 4.22. The number of benzene rings is 2. The second kappa shape index (κ2) is 7.23. The number of nitrogens with one attached hydrogen (secondary N) is 1. The summed E-state index contributed by atoms with van der Waals surface area (Å²) in [5.74, 6) is 0.0997. The highest BCUT2D eigenvalue weighted by Crippen LogP contribution is 2.43. The molecule has 0 radical (unpaired) electrons. The minimum absolute atomic E-state index is 0.0307. The van der Waals surface area contributed by atoms with Gasteiger partial charge >= 0.3 is 0 Å². The van der Waals surface area contributed by atoms with Crippen LogP contribution in [0.5, 0.6) is 0 Å². The van der Waals surface area contributed by atoms with Crippen molar-refractivity contribution in [3.8, 4) is 0 Å². The highest BCUT2D eigenvalue weighted by molar-refractivity contribution is 5.95. The van der Waals surface area contributed by atoms with E-state index in [9.17, 15) is 9.59 Å². The molecule has 0 aliphatic heterocycles. The van der Waals surface area contributed by atoms with Gasteiger partial charge in [0.05, 0.1) is 23.8 Å². The molecule has 5 nitrogen and oxygen atoms in total. The van der Waals surface area contributed by atoms with Gasteiger partial charge in [0.25, 0.3) is 5.56 Å². The van der Waals surface area contributed by atoms with E-state index in [4.69, 9.17) is 0 Å². The molecule has 1 atom stereocenters. The Morgan fingerprint density at radius 1 is 1.21 bits per heavy atom. The molecular weight excluding hydrogens is 350 g/mol. The highest BCUT2D eigenvalue weighted by Gasteiger charge is 2.39. The molecule has 1 unspecified atom stereocenters. The fraction of sp³-hybridized carbons (Fsp3) is 0.348. The number of anilines is 1. The van der Waals surface area contributed by atoms with Gasteiger partial charge in [-0.05, 0) is 42.0 Å². The first-order chi connectivity index (χ1) is 13.4. The highest BCUT2D eigenvalue weighted by atomic mass is 16.2. The third-order valence-electron chi connectivity index (χ3n) is 5.87. The van der Waals surface area contributed by atoms with Crippen LogP contribution in [-0.2, 0) is 11.3 Å². The fourth-order valence-corrected chi connectivity index (χ4v) is 4.22. The van der Waals surface area contributed by atoms with E-state index in [1.165, 1.54) is 6.20 Å². The van der Waals surface area contributed by atoms with Gasteiger partial charge in [0.15, 0.2) is 0 Å². The van der Waals surface area contributed by atoms with Crippen LogP contribution in [0.3, 0.4) is 0 Å². The summed E-state index contributed by atoms with van der Waals surface area (Å²) in [4.78, 5) is 29.4. The van der Waals surface area contributed by atoms with Gasteiger partial charge in [-0.2, -0.15) is 0 Å². The van der Waals surface area contributed by atoms with E-state index < -0.39 is 0 Å². The number of hydrogen-bond donors (Lipinski definition) is 1. The van der Waals surface area contributed by atoms with E-state index in [2.05, 4.69) is 24.1 Å². The van der Waals surface area contributed by atoms with Crippen LogP contribution in [0.25, 0.3) is 11.0 Å². The Hall–Kier alpha value is -2.95. The molecule has 28 heavy (non-hydrogen) atoms. The van der Waals surface area contributed by atoms with Gasteiger partial charge in [0.2, 0.25) is 5.91 Å². The minimum Gasteiger partial charge on any atom is -0.326 e. The maximum atomic E-state index is 12.7. The van der Waals surface area contributed by atoms with Crippen LogP contribution in [-0.4, -0.2) is 15.5 Å². The molecule has 1 aliphatic rings. The van der Waals surface area contributed by atoms with Crippen molar-refractivity contribution in [3.63, 3.8) is 0 Å². The number of fused-ring (bicyclic) bond motifs is 1. The summed E-state index contributed by atoms with van der Waals surface area (Å²) in [7, 11) is 0. The van der Waals surface area contributed by atoms with Gasteiger partial charge in [0.1, 0.15) is 0 Å². The molecule has 3 aromatic rings. The monoisotopic (exact) mass is 375 g/mol. The molecule has 1 saturated carbocycles. The van der Waals surface area contributed by atoms with Gasteiger partial charge in [-0.25, -0.2) is 4.98 Å². The molecule has 0 bridgehead atoms. The summed E-state index contributed by atoms with van der Waals surface area (Å²) in [6, 6.07) is 15.4. The summed E-state index contributed by atoms with van der Waals surface area (Å²) in [5.41, 5.74) is 3.13. The zero-order chi connectivity index (χ0) is 19.7. The average molecular weight is 375 g/mol. The van der Waals surface area contributed by atoms with E-state index in [-0.39, 0.29) is 22.8 Å². The largest absolute Gasteiger partial charge is 0.326 e. The third-order valence-corrected chi connectivity index (χ3v) is 5.87. The van der Waals surface area contributed by atoms with Crippen molar-refractivity contribution in [1.29, 1.82) is 0 Å². The Kier molecular flexibility index (Phi) is 4.75. The maximum Gasteiger partial charge on any atom is 0.269 e. The second-order valence-corrected chi connectivity index (χ2v) is 8.29. The Balaban J connectivity index is 1.62. The average Bonchev–Trinajstić information content (AvgIpc) is 3.04. The SMILES string of the molecule is CC1(C)CCCC1C(=O)Nc1ccc2c(c1)ncc(=O)n2Cc1ccccc1. The smallest absolute Gasteiger partial charge is 0.269 e. The summed E-state index contributed by atoms with van der Waals surface area (Å²) in [6.07, 6.45) is 4.45. The van der Waals surface area contributed by atoms with Crippen LogP contribution >= 0.6 is 0 Å². The summed E-state index contributed by atoms with van der Waals surface area (Å²) < 4.78 is 1.71. The third kappa shape index (κ3) is 3.57. The van der Waals surface area contributed by atoms with E-state index >= 15 is 0 Å².